The van der Waals surface area contributed by atoms with Crippen LogP contribution in [0, 0.1) is 13.7 Å². The summed E-state index contributed by atoms with van der Waals surface area (Å²) in [6, 6.07) is 13.0. The predicted octanol–water partition coefficient (Wildman–Crippen LogP) is 3.27. The van der Waals surface area contributed by atoms with Gasteiger partial charge in [0.15, 0.2) is 0 Å². The summed E-state index contributed by atoms with van der Waals surface area (Å²) in [5.41, 5.74) is 8.77. The molecule has 0 aromatic heterocycles. The number of anilines is 1. The number of nitrogens with one attached hydrogen (secondary N) is 1. The van der Waals surface area contributed by atoms with E-state index in [4.69, 9.17) is 5.73 Å². The van der Waals surface area contributed by atoms with E-state index in [0.29, 0.717) is 16.7 Å². The molecule has 2 aromatic carbocycles. The van der Waals surface area contributed by atoms with Crippen molar-refractivity contribution < 1.29 is 4.92 Å². The van der Waals surface area contributed by atoms with Gasteiger partial charge in [-0.3, -0.25) is 10.1 Å². The Labute approximate surface area is 130 Å². The largest absolute Gasteiger partial charge is 0.381 e. The van der Waals surface area contributed by atoms with E-state index in [1.54, 1.807) is 12.1 Å². The molecule has 2 aromatic rings. The Balaban J connectivity index is 2.03. The van der Waals surface area contributed by atoms with Crippen LogP contribution in [0.1, 0.15) is 11.1 Å². The van der Waals surface area contributed by atoms with Crippen LogP contribution in [0.15, 0.2) is 42.5 Å². The van der Waals surface area contributed by atoms with Crippen molar-refractivity contribution >= 4 is 34.0 Å². The lowest BCUT2D eigenvalue weighted by molar-refractivity contribution is -0.385. The quantitative estimate of drug-likeness (QED) is 0.472. The van der Waals surface area contributed by atoms with Crippen LogP contribution < -0.4 is 11.1 Å². The Kier molecular flexibility index (Phi) is 4.91. The van der Waals surface area contributed by atoms with Gasteiger partial charge in [-0.2, -0.15) is 0 Å². The summed E-state index contributed by atoms with van der Waals surface area (Å²) < 4.78 is 0.621. The lowest BCUT2D eigenvalue weighted by Gasteiger charge is -2.08. The summed E-state index contributed by atoms with van der Waals surface area (Å²) in [4.78, 5) is 10.4. The van der Waals surface area contributed by atoms with Crippen molar-refractivity contribution in [3.05, 3.63) is 67.3 Å². The van der Waals surface area contributed by atoms with Crippen molar-refractivity contribution in [3.63, 3.8) is 0 Å². The molecular formula is C14H14IN3O2. The molecule has 6 heteroatoms. The van der Waals surface area contributed by atoms with Crippen molar-refractivity contribution in [2.75, 3.05) is 5.32 Å². The Bertz CT molecular complexity index is 614. The fourth-order valence-corrected chi connectivity index (χ4v) is 2.47. The average Bonchev–Trinajstić information content (AvgIpc) is 2.45. The molecule has 2 rings (SSSR count). The lowest BCUT2D eigenvalue weighted by Crippen LogP contribution is -2.01. The highest BCUT2D eigenvalue weighted by atomic mass is 127. The molecule has 20 heavy (non-hydrogen) atoms. The minimum atomic E-state index is -0.378. The van der Waals surface area contributed by atoms with Gasteiger partial charge in [-0.15, -0.1) is 0 Å². The summed E-state index contributed by atoms with van der Waals surface area (Å²) in [6.07, 6.45) is 0. The molecule has 0 radical (unpaired) electrons. The molecule has 0 bridgehead atoms. The minimum Gasteiger partial charge on any atom is -0.381 e. The van der Waals surface area contributed by atoms with Gasteiger partial charge in [0, 0.05) is 24.8 Å². The Morgan fingerprint density at radius 2 is 1.80 bits per heavy atom. The van der Waals surface area contributed by atoms with Gasteiger partial charge < -0.3 is 11.1 Å². The molecule has 104 valence electrons. The fraction of sp³-hybridized carbons (Fsp3) is 0.143. The standard InChI is InChI=1S/C14H14IN3O2/c15-13-7-12(5-6-14(13)18(19)20)17-9-11-3-1-10(8-16)2-4-11/h1-7,17H,8-9,16H2. The summed E-state index contributed by atoms with van der Waals surface area (Å²) in [7, 11) is 0. The van der Waals surface area contributed by atoms with Gasteiger partial charge in [0.1, 0.15) is 0 Å². The van der Waals surface area contributed by atoms with Crippen LogP contribution in [0.2, 0.25) is 0 Å². The maximum Gasteiger partial charge on any atom is 0.282 e. The zero-order valence-electron chi connectivity index (χ0n) is 10.7. The van der Waals surface area contributed by atoms with Gasteiger partial charge in [0.05, 0.1) is 8.49 Å². The molecular weight excluding hydrogens is 369 g/mol. The van der Waals surface area contributed by atoms with Gasteiger partial charge in [0.2, 0.25) is 0 Å². The van der Waals surface area contributed by atoms with Gasteiger partial charge in [-0.1, -0.05) is 24.3 Å². The lowest BCUT2D eigenvalue weighted by atomic mass is 10.1. The summed E-state index contributed by atoms with van der Waals surface area (Å²) in [5, 5.41) is 14.0. The molecule has 3 N–H and O–H groups in total. The van der Waals surface area contributed by atoms with Crippen LogP contribution >= 0.6 is 22.6 Å². The van der Waals surface area contributed by atoms with Gasteiger partial charge in [0.25, 0.3) is 5.69 Å². The number of nitrogens with two attached hydrogens (primary N) is 1. The molecule has 0 atom stereocenters. The smallest absolute Gasteiger partial charge is 0.282 e. The second-order valence-corrected chi connectivity index (χ2v) is 5.46. The highest BCUT2D eigenvalue weighted by molar-refractivity contribution is 14.1. The molecule has 0 aliphatic carbocycles. The van der Waals surface area contributed by atoms with Crippen molar-refractivity contribution in [2.45, 2.75) is 13.1 Å². The third kappa shape index (κ3) is 3.67. The Hall–Kier alpha value is -1.67. The molecule has 0 unspecified atom stereocenters. The van der Waals surface area contributed by atoms with E-state index in [1.165, 1.54) is 6.07 Å². The van der Waals surface area contributed by atoms with Crippen LogP contribution in [0.4, 0.5) is 11.4 Å². The fourth-order valence-electron chi connectivity index (χ4n) is 1.76. The van der Waals surface area contributed by atoms with Crippen molar-refractivity contribution in [1.82, 2.24) is 0 Å². The molecule has 0 saturated carbocycles. The highest BCUT2D eigenvalue weighted by Gasteiger charge is 2.11. The van der Waals surface area contributed by atoms with E-state index >= 15 is 0 Å². The average molecular weight is 383 g/mol. The van der Waals surface area contributed by atoms with Crippen molar-refractivity contribution in [1.29, 1.82) is 0 Å². The number of nitrogens with zero attached hydrogens (tertiary/aromatic N) is 1. The molecule has 0 amide bonds. The summed E-state index contributed by atoms with van der Waals surface area (Å²) in [6.45, 7) is 1.20. The van der Waals surface area contributed by atoms with E-state index in [0.717, 1.165) is 16.8 Å². The third-order valence-corrected chi connectivity index (χ3v) is 3.76. The highest BCUT2D eigenvalue weighted by Crippen LogP contribution is 2.24. The SMILES string of the molecule is NCc1ccc(CNc2ccc([N+](=O)[O-])c(I)c2)cc1. The maximum absolute atomic E-state index is 10.7. The van der Waals surface area contributed by atoms with Crippen LogP contribution in [-0.4, -0.2) is 4.92 Å². The van der Waals surface area contributed by atoms with E-state index in [-0.39, 0.29) is 10.6 Å². The minimum absolute atomic E-state index is 0.128. The van der Waals surface area contributed by atoms with Crippen LogP contribution in [0.3, 0.4) is 0 Å². The summed E-state index contributed by atoms with van der Waals surface area (Å²) >= 11 is 1.97. The number of nitro benzene ring substituents is 1. The first kappa shape index (κ1) is 14.7. The third-order valence-electron chi connectivity index (χ3n) is 2.90. The van der Waals surface area contributed by atoms with Gasteiger partial charge >= 0.3 is 0 Å². The van der Waals surface area contributed by atoms with Gasteiger partial charge in [-0.05, 0) is 45.9 Å². The van der Waals surface area contributed by atoms with Crippen LogP contribution in [0.25, 0.3) is 0 Å². The molecule has 0 heterocycles. The first-order valence-corrected chi connectivity index (χ1v) is 7.13. The predicted molar refractivity (Wildman–Crippen MR) is 87.5 cm³/mol. The second kappa shape index (κ2) is 6.67. The zero-order chi connectivity index (χ0) is 14.5. The van der Waals surface area contributed by atoms with Crippen molar-refractivity contribution in [3.8, 4) is 0 Å². The normalized spacial score (nSPS) is 10.3. The first-order chi connectivity index (χ1) is 9.60. The molecule has 0 aliphatic heterocycles. The first-order valence-electron chi connectivity index (χ1n) is 6.06. The van der Waals surface area contributed by atoms with Gasteiger partial charge in [-0.25, -0.2) is 0 Å². The van der Waals surface area contributed by atoms with E-state index in [2.05, 4.69) is 5.32 Å². The van der Waals surface area contributed by atoms with E-state index in [1.807, 2.05) is 46.9 Å². The zero-order valence-corrected chi connectivity index (χ0v) is 12.8. The number of nitro groups is 1. The Morgan fingerprint density at radius 3 is 2.35 bits per heavy atom. The number of halogens is 1. The molecule has 0 fully saturated rings. The molecule has 5 nitrogen and oxygen atoms in total. The van der Waals surface area contributed by atoms with Crippen LogP contribution in [0.5, 0.6) is 0 Å². The maximum atomic E-state index is 10.7. The molecule has 0 aliphatic rings. The molecule has 0 saturated heterocycles. The number of rotatable bonds is 5. The topological polar surface area (TPSA) is 81.2 Å². The Morgan fingerprint density at radius 1 is 1.15 bits per heavy atom. The number of benzene rings is 2. The number of hydrogen-bond acceptors (Lipinski definition) is 4. The second-order valence-electron chi connectivity index (χ2n) is 4.30. The monoisotopic (exact) mass is 383 g/mol. The van der Waals surface area contributed by atoms with E-state index in [9.17, 15) is 10.1 Å². The number of hydrogen-bond donors (Lipinski definition) is 2. The van der Waals surface area contributed by atoms with E-state index < -0.39 is 0 Å². The van der Waals surface area contributed by atoms with Crippen LogP contribution in [-0.2, 0) is 13.1 Å². The van der Waals surface area contributed by atoms with Crippen molar-refractivity contribution in [2.24, 2.45) is 5.73 Å². The molecule has 0 spiro atoms. The summed E-state index contributed by atoms with van der Waals surface area (Å²) in [5.74, 6) is 0.